The topological polar surface area (TPSA) is 65.4 Å². The molecule has 1 aliphatic heterocycles. The molecule has 1 amide bonds. The molecule has 2 aromatic rings. The second-order valence-electron chi connectivity index (χ2n) is 6.95. The van der Waals surface area contributed by atoms with Crippen LogP contribution in [0.15, 0.2) is 24.3 Å². The summed E-state index contributed by atoms with van der Waals surface area (Å²) in [6.45, 7) is 7.39. The van der Waals surface area contributed by atoms with E-state index >= 15 is 0 Å². The molecular weight excluding hydrogens is 330 g/mol. The van der Waals surface area contributed by atoms with Gasteiger partial charge in [-0.1, -0.05) is 17.7 Å². The molecule has 26 heavy (non-hydrogen) atoms. The Hall–Kier alpha value is -2.34. The van der Waals surface area contributed by atoms with Crippen LogP contribution in [0.3, 0.4) is 0 Å². The second-order valence-corrected chi connectivity index (χ2v) is 6.95. The van der Waals surface area contributed by atoms with Gasteiger partial charge in [0.2, 0.25) is 0 Å². The third-order valence-corrected chi connectivity index (χ3v) is 5.02. The average Bonchev–Trinajstić information content (AvgIpc) is 3.16. The molecule has 1 saturated heterocycles. The fraction of sp³-hybridized carbons (Fsp3) is 0.500. The number of ether oxygens (including phenoxy) is 2. The van der Waals surface area contributed by atoms with Gasteiger partial charge in [-0.3, -0.25) is 9.48 Å². The number of carbonyl (C=O) groups excluding carboxylic acids is 1. The van der Waals surface area contributed by atoms with Crippen LogP contribution in [-0.2, 0) is 16.6 Å². The predicted molar refractivity (Wildman–Crippen MR) is 99.2 cm³/mol. The number of nitrogens with zero attached hydrogens (tertiary/aromatic N) is 2. The summed E-state index contributed by atoms with van der Waals surface area (Å²) in [6.07, 6.45) is 0.916. The average molecular weight is 357 g/mol. The maximum absolute atomic E-state index is 12.1. The van der Waals surface area contributed by atoms with Gasteiger partial charge in [-0.2, -0.15) is 5.10 Å². The number of nitrogens with one attached hydrogen (secondary N) is 1. The summed E-state index contributed by atoms with van der Waals surface area (Å²) in [7, 11) is 1.94. The molecule has 1 aromatic carbocycles. The molecule has 0 spiro atoms. The van der Waals surface area contributed by atoms with Gasteiger partial charge in [-0.25, -0.2) is 0 Å². The minimum absolute atomic E-state index is 0.0120. The van der Waals surface area contributed by atoms with E-state index in [4.69, 9.17) is 9.47 Å². The van der Waals surface area contributed by atoms with Crippen LogP contribution in [0.2, 0.25) is 0 Å². The number of hydrogen-bond acceptors (Lipinski definition) is 4. The van der Waals surface area contributed by atoms with Crippen LogP contribution < -0.4 is 10.1 Å². The summed E-state index contributed by atoms with van der Waals surface area (Å²) in [6, 6.07) is 7.67. The zero-order valence-corrected chi connectivity index (χ0v) is 15.9. The molecule has 0 bridgehead atoms. The van der Waals surface area contributed by atoms with Crippen LogP contribution in [0.1, 0.15) is 35.0 Å². The number of amides is 1. The number of hydrogen-bond donors (Lipinski definition) is 1. The largest absolute Gasteiger partial charge is 0.484 e. The molecule has 1 fully saturated rings. The molecule has 0 saturated carbocycles. The SMILES string of the molecule is Cc1ccc(OCC(=O)NC[C@H]2CCO[C@@H]2c2c(C)nn(C)c2C)cc1. The van der Waals surface area contributed by atoms with Crippen molar-refractivity contribution in [2.24, 2.45) is 13.0 Å². The number of carbonyl (C=O) groups is 1. The highest BCUT2D eigenvalue weighted by Crippen LogP contribution is 2.37. The molecule has 2 atom stereocenters. The van der Waals surface area contributed by atoms with E-state index in [2.05, 4.69) is 17.3 Å². The Morgan fingerprint density at radius 1 is 1.31 bits per heavy atom. The summed E-state index contributed by atoms with van der Waals surface area (Å²) in [5.41, 5.74) is 4.43. The minimum Gasteiger partial charge on any atom is -0.484 e. The van der Waals surface area contributed by atoms with E-state index in [0.29, 0.717) is 18.9 Å². The van der Waals surface area contributed by atoms with Gasteiger partial charge in [0.1, 0.15) is 5.75 Å². The zero-order chi connectivity index (χ0) is 18.7. The van der Waals surface area contributed by atoms with Crippen molar-refractivity contribution in [2.45, 2.75) is 33.3 Å². The third-order valence-electron chi connectivity index (χ3n) is 5.02. The summed E-state index contributed by atoms with van der Waals surface area (Å²) < 4.78 is 13.4. The minimum atomic E-state index is -0.115. The lowest BCUT2D eigenvalue weighted by Gasteiger charge is -2.20. The lowest BCUT2D eigenvalue weighted by molar-refractivity contribution is -0.123. The molecule has 6 heteroatoms. The van der Waals surface area contributed by atoms with E-state index in [9.17, 15) is 4.79 Å². The van der Waals surface area contributed by atoms with Gasteiger partial charge in [0.15, 0.2) is 6.61 Å². The van der Waals surface area contributed by atoms with Crippen molar-refractivity contribution >= 4 is 5.91 Å². The fourth-order valence-corrected chi connectivity index (χ4v) is 3.44. The highest BCUT2D eigenvalue weighted by molar-refractivity contribution is 5.77. The van der Waals surface area contributed by atoms with Crippen LogP contribution in [-0.4, -0.2) is 35.4 Å². The van der Waals surface area contributed by atoms with Crippen molar-refractivity contribution in [1.29, 1.82) is 0 Å². The summed E-state index contributed by atoms with van der Waals surface area (Å²) >= 11 is 0. The number of aromatic nitrogens is 2. The van der Waals surface area contributed by atoms with E-state index in [1.54, 1.807) is 0 Å². The highest BCUT2D eigenvalue weighted by atomic mass is 16.5. The Labute approximate surface area is 154 Å². The van der Waals surface area contributed by atoms with Crippen molar-refractivity contribution in [2.75, 3.05) is 19.8 Å². The first-order valence-corrected chi connectivity index (χ1v) is 9.03. The third kappa shape index (κ3) is 4.07. The van der Waals surface area contributed by atoms with Gasteiger partial charge in [0.05, 0.1) is 11.8 Å². The van der Waals surface area contributed by atoms with Gasteiger partial charge in [0, 0.05) is 37.4 Å². The molecule has 1 N–H and O–H groups in total. The molecule has 6 nitrogen and oxygen atoms in total. The summed E-state index contributed by atoms with van der Waals surface area (Å²) in [5.74, 6) is 0.838. The van der Waals surface area contributed by atoms with E-state index in [-0.39, 0.29) is 24.5 Å². The molecule has 0 unspecified atom stereocenters. The van der Waals surface area contributed by atoms with Crippen LogP contribution in [0.5, 0.6) is 5.75 Å². The van der Waals surface area contributed by atoms with Crippen LogP contribution in [0.25, 0.3) is 0 Å². The Morgan fingerprint density at radius 3 is 2.69 bits per heavy atom. The number of benzene rings is 1. The molecular formula is C20H27N3O3. The van der Waals surface area contributed by atoms with Gasteiger partial charge < -0.3 is 14.8 Å². The Kier molecular flexibility index (Phi) is 5.61. The van der Waals surface area contributed by atoms with E-state index in [0.717, 1.165) is 28.9 Å². The zero-order valence-electron chi connectivity index (χ0n) is 15.9. The molecule has 1 aromatic heterocycles. The van der Waals surface area contributed by atoms with E-state index in [1.807, 2.05) is 49.8 Å². The first-order chi connectivity index (χ1) is 12.5. The Bertz CT molecular complexity index is 767. The smallest absolute Gasteiger partial charge is 0.257 e. The second kappa shape index (κ2) is 7.91. The monoisotopic (exact) mass is 357 g/mol. The van der Waals surface area contributed by atoms with Gasteiger partial charge in [0.25, 0.3) is 5.91 Å². The van der Waals surface area contributed by atoms with Gasteiger partial charge in [-0.05, 0) is 39.3 Å². The lowest BCUT2D eigenvalue weighted by Crippen LogP contribution is -2.34. The molecule has 0 radical (unpaired) electrons. The summed E-state index contributed by atoms with van der Waals surface area (Å²) in [5, 5.41) is 7.46. The fourth-order valence-electron chi connectivity index (χ4n) is 3.44. The lowest BCUT2D eigenvalue weighted by atomic mass is 9.94. The quantitative estimate of drug-likeness (QED) is 0.863. The van der Waals surface area contributed by atoms with Gasteiger partial charge in [-0.15, -0.1) is 0 Å². The van der Waals surface area contributed by atoms with Crippen molar-refractivity contribution < 1.29 is 14.3 Å². The van der Waals surface area contributed by atoms with E-state index < -0.39 is 0 Å². The Balaban J connectivity index is 1.53. The number of aryl methyl sites for hydroxylation is 3. The van der Waals surface area contributed by atoms with Crippen molar-refractivity contribution in [3.05, 3.63) is 46.8 Å². The van der Waals surface area contributed by atoms with Crippen LogP contribution in [0, 0.1) is 26.7 Å². The molecule has 2 heterocycles. The van der Waals surface area contributed by atoms with E-state index in [1.165, 1.54) is 0 Å². The van der Waals surface area contributed by atoms with Crippen LogP contribution >= 0.6 is 0 Å². The molecule has 3 rings (SSSR count). The van der Waals surface area contributed by atoms with Gasteiger partial charge >= 0.3 is 0 Å². The molecule has 140 valence electrons. The maximum atomic E-state index is 12.1. The summed E-state index contributed by atoms with van der Waals surface area (Å²) in [4.78, 5) is 12.1. The predicted octanol–water partition coefficient (Wildman–Crippen LogP) is 2.62. The standard InChI is InChI=1S/C20H27N3O3/c1-13-5-7-17(8-6-13)26-12-18(24)21-11-16-9-10-25-20(16)19-14(2)22-23(4)15(19)3/h5-8,16,20H,9-12H2,1-4H3,(H,21,24)/t16-,20+/m1/s1. The van der Waals surface area contributed by atoms with Crippen LogP contribution in [0.4, 0.5) is 0 Å². The first-order valence-electron chi connectivity index (χ1n) is 9.03. The highest BCUT2D eigenvalue weighted by Gasteiger charge is 2.33. The van der Waals surface area contributed by atoms with Crippen molar-refractivity contribution in [3.63, 3.8) is 0 Å². The molecule has 1 aliphatic rings. The van der Waals surface area contributed by atoms with Crippen molar-refractivity contribution in [1.82, 2.24) is 15.1 Å². The molecule has 0 aliphatic carbocycles. The van der Waals surface area contributed by atoms with Crippen molar-refractivity contribution in [3.8, 4) is 5.75 Å². The normalized spacial score (nSPS) is 19.5. The number of rotatable bonds is 6. The first kappa shape index (κ1) is 18.5. The Morgan fingerprint density at radius 2 is 2.04 bits per heavy atom. The maximum Gasteiger partial charge on any atom is 0.257 e.